The van der Waals surface area contributed by atoms with Crippen LogP contribution in [0.25, 0.3) is 11.3 Å². The van der Waals surface area contributed by atoms with Crippen molar-refractivity contribution in [2.45, 2.75) is 64.0 Å². The number of benzene rings is 1. The van der Waals surface area contributed by atoms with E-state index in [2.05, 4.69) is 15.5 Å². The van der Waals surface area contributed by atoms with E-state index in [4.69, 9.17) is 0 Å². The molecule has 7 rings (SSSR count). The van der Waals surface area contributed by atoms with Crippen molar-refractivity contribution in [2.75, 3.05) is 6.54 Å². The van der Waals surface area contributed by atoms with E-state index in [1.165, 1.54) is 19.3 Å². The van der Waals surface area contributed by atoms with Crippen molar-refractivity contribution in [3.8, 4) is 11.3 Å². The third kappa shape index (κ3) is 3.44. The maximum Gasteiger partial charge on any atom is 0.243 e. The van der Waals surface area contributed by atoms with Crippen LogP contribution in [0.5, 0.6) is 0 Å². The van der Waals surface area contributed by atoms with Crippen molar-refractivity contribution in [2.24, 2.45) is 23.2 Å². The fourth-order valence-corrected chi connectivity index (χ4v) is 7.49. The van der Waals surface area contributed by atoms with Gasteiger partial charge in [-0.3, -0.25) is 14.7 Å². The molecule has 1 unspecified atom stereocenters. The number of aromatic amines is 1. The average Bonchev–Trinajstić information content (AvgIpc) is 3.49. The molecule has 1 saturated heterocycles. The first-order chi connectivity index (χ1) is 15.6. The van der Waals surface area contributed by atoms with Gasteiger partial charge in [0.05, 0.1) is 11.1 Å². The van der Waals surface area contributed by atoms with Crippen LogP contribution in [-0.2, 0) is 16.1 Å². The Bertz CT molecular complexity index is 962. The zero-order valence-corrected chi connectivity index (χ0v) is 18.6. The molecule has 2 N–H and O–H groups in total. The predicted octanol–water partition coefficient (Wildman–Crippen LogP) is 3.90. The molecule has 2 heterocycles. The molecule has 1 aromatic carbocycles. The number of rotatable bonds is 5. The fraction of sp³-hybridized carbons (Fsp3) is 0.577. The second kappa shape index (κ2) is 7.75. The lowest BCUT2D eigenvalue weighted by molar-refractivity contribution is -0.160. The van der Waals surface area contributed by atoms with Crippen molar-refractivity contribution in [3.63, 3.8) is 0 Å². The molecule has 2 amide bonds. The molecule has 0 spiro atoms. The maximum atomic E-state index is 13.8. The summed E-state index contributed by atoms with van der Waals surface area (Å²) in [4.78, 5) is 28.8. The number of H-pyrrole nitrogens is 1. The number of nitrogens with zero attached hydrogens (tertiary/aromatic N) is 2. The van der Waals surface area contributed by atoms with Gasteiger partial charge in [-0.25, -0.2) is 0 Å². The van der Waals surface area contributed by atoms with Gasteiger partial charge in [0.15, 0.2) is 0 Å². The molecule has 168 valence electrons. The Morgan fingerprint density at radius 1 is 1.03 bits per heavy atom. The summed E-state index contributed by atoms with van der Waals surface area (Å²) in [5, 5.41) is 10.1. The highest BCUT2D eigenvalue weighted by Crippen LogP contribution is 2.60. The molecule has 1 atom stereocenters. The lowest BCUT2D eigenvalue weighted by Gasteiger charge is -2.56. The van der Waals surface area contributed by atoms with Gasteiger partial charge in [0.1, 0.15) is 6.04 Å². The van der Waals surface area contributed by atoms with Crippen LogP contribution in [0.2, 0.25) is 0 Å². The van der Waals surface area contributed by atoms with Crippen molar-refractivity contribution in [1.82, 2.24) is 20.4 Å². The Labute approximate surface area is 189 Å². The largest absolute Gasteiger partial charge is 0.350 e. The zero-order valence-electron chi connectivity index (χ0n) is 18.6. The molecule has 1 aliphatic heterocycles. The molecule has 2 aromatic rings. The first-order valence-corrected chi connectivity index (χ1v) is 12.3. The normalized spacial score (nSPS) is 32.9. The van der Waals surface area contributed by atoms with Gasteiger partial charge in [0.25, 0.3) is 0 Å². The van der Waals surface area contributed by atoms with Gasteiger partial charge in [-0.2, -0.15) is 5.10 Å². The Hall–Kier alpha value is -2.63. The van der Waals surface area contributed by atoms with E-state index in [1.807, 2.05) is 35.2 Å². The topological polar surface area (TPSA) is 78.1 Å². The minimum absolute atomic E-state index is 0.00165. The van der Waals surface area contributed by atoms with Gasteiger partial charge < -0.3 is 10.2 Å². The third-order valence-electron chi connectivity index (χ3n) is 8.54. The van der Waals surface area contributed by atoms with Gasteiger partial charge in [0.2, 0.25) is 11.8 Å². The molecule has 4 aliphatic carbocycles. The van der Waals surface area contributed by atoms with E-state index < -0.39 is 0 Å². The molecular weight excluding hydrogens is 400 g/mol. The quantitative estimate of drug-likeness (QED) is 0.752. The number of hydrogen-bond donors (Lipinski definition) is 2. The lowest BCUT2D eigenvalue weighted by atomic mass is 9.49. The minimum Gasteiger partial charge on any atom is -0.350 e. The number of hydrogen-bond acceptors (Lipinski definition) is 3. The van der Waals surface area contributed by atoms with Crippen molar-refractivity contribution < 1.29 is 9.59 Å². The summed E-state index contributed by atoms with van der Waals surface area (Å²) in [5.41, 5.74) is 2.93. The van der Waals surface area contributed by atoms with Crippen LogP contribution >= 0.6 is 0 Å². The van der Waals surface area contributed by atoms with Crippen LogP contribution in [-0.4, -0.2) is 39.5 Å². The Balaban J connectivity index is 1.10. The summed E-state index contributed by atoms with van der Waals surface area (Å²) in [5.74, 6) is 2.51. The average molecular weight is 433 g/mol. The van der Waals surface area contributed by atoms with Gasteiger partial charge in [-0.05, 0) is 86.3 Å². The summed E-state index contributed by atoms with van der Waals surface area (Å²) in [7, 11) is 0. The smallest absolute Gasteiger partial charge is 0.243 e. The van der Waals surface area contributed by atoms with Crippen molar-refractivity contribution >= 4 is 11.8 Å². The third-order valence-corrected chi connectivity index (χ3v) is 8.54. The van der Waals surface area contributed by atoms with Crippen LogP contribution in [0.4, 0.5) is 0 Å². The van der Waals surface area contributed by atoms with Crippen LogP contribution in [0, 0.1) is 23.2 Å². The standard InChI is InChI=1S/C26H32N4O2/c31-24(27-16-17-3-5-21(6-4-17)22-7-8-28-29-22)23-2-1-9-30(23)25(32)26-13-18-10-19(14-26)12-20(11-18)15-26/h3-8,18-20,23H,1-2,9-16H2,(H,27,31)(H,28,29). The molecule has 4 saturated carbocycles. The number of carbonyl (C=O) groups is 2. The predicted molar refractivity (Wildman–Crippen MR) is 121 cm³/mol. The summed E-state index contributed by atoms with van der Waals surface area (Å²) in [6.07, 6.45) is 10.6. The number of carbonyl (C=O) groups excluding carboxylic acids is 2. The highest BCUT2D eigenvalue weighted by Gasteiger charge is 2.56. The summed E-state index contributed by atoms with van der Waals surface area (Å²) < 4.78 is 0. The number of amides is 2. The SMILES string of the molecule is O=C(NCc1ccc(-c2ccn[nH]2)cc1)C1CCCN1C(=O)C12CC3CC(CC(C3)C1)C2. The fourth-order valence-electron chi connectivity index (χ4n) is 7.49. The first-order valence-electron chi connectivity index (χ1n) is 12.3. The minimum atomic E-state index is -0.306. The van der Waals surface area contributed by atoms with Crippen LogP contribution in [0.15, 0.2) is 36.5 Å². The second-order valence-electron chi connectivity index (χ2n) is 10.7. The van der Waals surface area contributed by atoms with E-state index in [1.54, 1.807) is 6.20 Å². The van der Waals surface area contributed by atoms with Crippen molar-refractivity contribution in [1.29, 1.82) is 0 Å². The maximum absolute atomic E-state index is 13.8. The number of likely N-dealkylation sites (tertiary alicyclic amines) is 1. The van der Waals surface area contributed by atoms with Crippen LogP contribution < -0.4 is 5.32 Å². The molecule has 0 radical (unpaired) electrons. The molecule has 4 bridgehead atoms. The monoisotopic (exact) mass is 432 g/mol. The van der Waals surface area contributed by atoms with Gasteiger partial charge in [-0.1, -0.05) is 24.3 Å². The van der Waals surface area contributed by atoms with Crippen molar-refractivity contribution in [3.05, 3.63) is 42.1 Å². The second-order valence-corrected chi connectivity index (χ2v) is 10.7. The van der Waals surface area contributed by atoms with E-state index in [9.17, 15) is 9.59 Å². The van der Waals surface area contributed by atoms with E-state index in [0.717, 1.165) is 73.2 Å². The molecule has 1 aromatic heterocycles. The molecule has 5 aliphatic rings. The number of aromatic nitrogens is 2. The highest BCUT2D eigenvalue weighted by molar-refractivity contribution is 5.91. The summed E-state index contributed by atoms with van der Waals surface area (Å²) in [6.45, 7) is 1.22. The summed E-state index contributed by atoms with van der Waals surface area (Å²) >= 11 is 0. The van der Waals surface area contributed by atoms with Gasteiger partial charge in [-0.15, -0.1) is 0 Å². The lowest BCUT2D eigenvalue weighted by Crippen LogP contribution is -2.57. The number of nitrogens with one attached hydrogen (secondary N) is 2. The molecule has 6 nitrogen and oxygen atoms in total. The van der Waals surface area contributed by atoms with Crippen LogP contribution in [0.3, 0.4) is 0 Å². The summed E-state index contributed by atoms with van der Waals surface area (Å²) in [6, 6.07) is 9.76. The van der Waals surface area contributed by atoms with Crippen LogP contribution in [0.1, 0.15) is 56.9 Å². The van der Waals surface area contributed by atoms with E-state index in [0.29, 0.717) is 6.54 Å². The molecular formula is C26H32N4O2. The highest BCUT2D eigenvalue weighted by atomic mass is 16.2. The van der Waals surface area contributed by atoms with E-state index in [-0.39, 0.29) is 23.3 Å². The van der Waals surface area contributed by atoms with Gasteiger partial charge >= 0.3 is 0 Å². The Morgan fingerprint density at radius 2 is 1.72 bits per heavy atom. The van der Waals surface area contributed by atoms with Gasteiger partial charge in [0, 0.05) is 19.3 Å². The van der Waals surface area contributed by atoms with E-state index >= 15 is 0 Å². The first kappa shape index (κ1) is 20.0. The molecule has 32 heavy (non-hydrogen) atoms. The molecule has 6 heteroatoms. The molecule has 5 fully saturated rings. The zero-order chi connectivity index (χ0) is 21.7. The Kier molecular flexibility index (Phi) is 4.85. The Morgan fingerprint density at radius 3 is 2.34 bits per heavy atom.